The standard InChI is InChI=1S/C20H26ClF3N2O2/c1-19(2,3)28-18(27)26-7-4-5-17(26)16-10-14(21)9-13-11-25(8-6-15(13)16)12-20(22,23)24/h9-10,17H,4-8,11-12H2,1-3H3/t17-/m0/s1. The Bertz CT molecular complexity index is 746. The van der Waals surface area contributed by atoms with Crippen LogP contribution < -0.4 is 0 Å². The highest BCUT2D eigenvalue weighted by atomic mass is 35.5. The van der Waals surface area contributed by atoms with Crippen LogP contribution in [0.2, 0.25) is 5.02 Å². The fourth-order valence-corrected chi connectivity index (χ4v) is 4.32. The third-order valence-electron chi connectivity index (χ3n) is 5.06. The van der Waals surface area contributed by atoms with Crippen molar-refractivity contribution in [2.24, 2.45) is 0 Å². The van der Waals surface area contributed by atoms with Gasteiger partial charge in [-0.1, -0.05) is 11.6 Å². The van der Waals surface area contributed by atoms with E-state index in [1.807, 2.05) is 26.8 Å². The number of alkyl halides is 3. The first kappa shape index (κ1) is 21.2. The molecule has 4 nitrogen and oxygen atoms in total. The normalized spacial score (nSPS) is 21.0. The number of ether oxygens (including phenoxy) is 1. The highest BCUT2D eigenvalue weighted by Crippen LogP contribution is 2.39. The van der Waals surface area contributed by atoms with Gasteiger partial charge in [-0.15, -0.1) is 0 Å². The Morgan fingerprint density at radius 1 is 1.25 bits per heavy atom. The minimum Gasteiger partial charge on any atom is -0.444 e. The second-order valence-corrected chi connectivity index (χ2v) is 8.98. The van der Waals surface area contributed by atoms with Crippen molar-refractivity contribution in [3.05, 3.63) is 33.8 Å². The van der Waals surface area contributed by atoms with Crippen molar-refractivity contribution in [3.8, 4) is 0 Å². The van der Waals surface area contributed by atoms with Gasteiger partial charge in [-0.2, -0.15) is 13.2 Å². The average molecular weight is 419 g/mol. The minimum absolute atomic E-state index is 0.156. The minimum atomic E-state index is -4.22. The number of carbonyl (C=O) groups is 1. The predicted octanol–water partition coefficient (Wildman–Crippen LogP) is 5.33. The molecule has 0 unspecified atom stereocenters. The first-order valence-corrected chi connectivity index (χ1v) is 9.91. The predicted molar refractivity (Wildman–Crippen MR) is 101 cm³/mol. The van der Waals surface area contributed by atoms with Gasteiger partial charge in [0.1, 0.15) is 5.60 Å². The van der Waals surface area contributed by atoms with Gasteiger partial charge < -0.3 is 9.64 Å². The molecule has 2 heterocycles. The number of fused-ring (bicyclic) bond motifs is 1. The molecule has 0 spiro atoms. The van der Waals surface area contributed by atoms with Crippen LogP contribution in [0.5, 0.6) is 0 Å². The van der Waals surface area contributed by atoms with Gasteiger partial charge in [0, 0.05) is 24.7 Å². The van der Waals surface area contributed by atoms with Gasteiger partial charge in [0.25, 0.3) is 0 Å². The van der Waals surface area contributed by atoms with Crippen molar-refractivity contribution in [2.45, 2.75) is 64.4 Å². The van der Waals surface area contributed by atoms with Crippen LogP contribution in [-0.4, -0.2) is 47.3 Å². The maximum atomic E-state index is 12.8. The van der Waals surface area contributed by atoms with Crippen LogP contribution in [-0.2, 0) is 17.7 Å². The van der Waals surface area contributed by atoms with Crippen molar-refractivity contribution in [2.75, 3.05) is 19.6 Å². The number of rotatable bonds is 2. The van der Waals surface area contributed by atoms with E-state index in [0.717, 1.165) is 29.5 Å². The summed E-state index contributed by atoms with van der Waals surface area (Å²) in [5.41, 5.74) is 2.19. The maximum absolute atomic E-state index is 12.8. The number of amides is 1. The quantitative estimate of drug-likeness (QED) is 0.650. The number of carbonyl (C=O) groups excluding carboxylic acids is 1. The monoisotopic (exact) mass is 418 g/mol. The summed E-state index contributed by atoms with van der Waals surface area (Å²) in [5.74, 6) is 0. The summed E-state index contributed by atoms with van der Waals surface area (Å²) in [6.07, 6.45) is -2.43. The first-order chi connectivity index (χ1) is 12.9. The van der Waals surface area contributed by atoms with Crippen LogP contribution >= 0.6 is 11.6 Å². The van der Waals surface area contributed by atoms with Gasteiger partial charge in [-0.3, -0.25) is 4.90 Å². The maximum Gasteiger partial charge on any atom is 0.410 e. The van der Waals surface area contributed by atoms with Crippen molar-refractivity contribution < 1.29 is 22.7 Å². The molecule has 1 atom stereocenters. The number of hydrogen-bond acceptors (Lipinski definition) is 3. The zero-order valence-corrected chi connectivity index (χ0v) is 17.2. The van der Waals surface area contributed by atoms with Gasteiger partial charge in [0.05, 0.1) is 12.6 Å². The Labute approximate surface area is 168 Å². The number of halogens is 4. The van der Waals surface area contributed by atoms with E-state index < -0.39 is 18.3 Å². The lowest BCUT2D eigenvalue weighted by Gasteiger charge is -2.34. The molecule has 0 saturated carbocycles. The van der Waals surface area contributed by atoms with E-state index >= 15 is 0 Å². The largest absolute Gasteiger partial charge is 0.444 e. The zero-order chi connectivity index (χ0) is 20.7. The van der Waals surface area contributed by atoms with Crippen molar-refractivity contribution in [3.63, 3.8) is 0 Å². The summed E-state index contributed by atoms with van der Waals surface area (Å²) in [4.78, 5) is 15.8. The molecule has 2 aliphatic heterocycles. The van der Waals surface area contributed by atoms with Crippen LogP contribution in [0.25, 0.3) is 0 Å². The molecule has 0 N–H and O–H groups in total. The second kappa shape index (κ2) is 7.75. The molecule has 0 radical (unpaired) electrons. The SMILES string of the molecule is CC(C)(C)OC(=O)N1CCC[C@H]1c1cc(Cl)cc2c1CCN(CC(F)(F)F)C2. The van der Waals surface area contributed by atoms with Gasteiger partial charge in [-0.05, 0) is 68.9 Å². The van der Waals surface area contributed by atoms with E-state index in [0.29, 0.717) is 24.5 Å². The molecule has 0 bridgehead atoms. The van der Waals surface area contributed by atoms with Crippen molar-refractivity contribution in [1.29, 1.82) is 0 Å². The summed E-state index contributed by atoms with van der Waals surface area (Å²) in [5, 5.41) is 0.485. The molecule has 3 rings (SSSR count). The van der Waals surface area contributed by atoms with Gasteiger partial charge in [0.2, 0.25) is 0 Å². The van der Waals surface area contributed by atoms with Gasteiger partial charge in [0.15, 0.2) is 0 Å². The summed E-state index contributed by atoms with van der Waals surface area (Å²) in [7, 11) is 0. The molecule has 156 valence electrons. The molecule has 1 aromatic carbocycles. The Morgan fingerprint density at radius 2 is 1.96 bits per heavy atom. The average Bonchev–Trinajstić information content (AvgIpc) is 3.00. The Hall–Kier alpha value is -1.47. The fourth-order valence-electron chi connectivity index (χ4n) is 4.07. The lowest BCUT2D eigenvalue weighted by Crippen LogP contribution is -2.39. The fraction of sp³-hybridized carbons (Fsp3) is 0.650. The van der Waals surface area contributed by atoms with Crippen molar-refractivity contribution >= 4 is 17.7 Å². The molecule has 28 heavy (non-hydrogen) atoms. The van der Waals surface area contributed by atoms with Gasteiger partial charge in [-0.25, -0.2) is 4.79 Å². The Morgan fingerprint density at radius 3 is 2.61 bits per heavy atom. The van der Waals surface area contributed by atoms with E-state index in [1.165, 1.54) is 4.90 Å². The third-order valence-corrected chi connectivity index (χ3v) is 5.27. The molecule has 0 aromatic heterocycles. The summed E-state index contributed by atoms with van der Waals surface area (Å²) < 4.78 is 43.9. The number of hydrogen-bond donors (Lipinski definition) is 0. The molecular weight excluding hydrogens is 393 g/mol. The molecule has 1 saturated heterocycles. The highest BCUT2D eigenvalue weighted by Gasteiger charge is 2.37. The summed E-state index contributed by atoms with van der Waals surface area (Å²) >= 11 is 6.30. The number of likely N-dealkylation sites (tertiary alicyclic amines) is 1. The molecule has 1 amide bonds. The second-order valence-electron chi connectivity index (χ2n) is 8.54. The lowest BCUT2D eigenvalue weighted by molar-refractivity contribution is -0.147. The molecule has 2 aliphatic rings. The summed E-state index contributed by atoms with van der Waals surface area (Å²) in [6.45, 7) is 5.69. The van der Waals surface area contributed by atoms with E-state index in [9.17, 15) is 18.0 Å². The number of nitrogens with zero attached hydrogens (tertiary/aromatic N) is 2. The van der Waals surface area contributed by atoms with Gasteiger partial charge >= 0.3 is 12.3 Å². The molecule has 0 aliphatic carbocycles. The lowest BCUT2D eigenvalue weighted by atomic mass is 9.90. The van der Waals surface area contributed by atoms with Crippen LogP contribution in [0.4, 0.5) is 18.0 Å². The molecular formula is C20H26ClF3N2O2. The highest BCUT2D eigenvalue weighted by molar-refractivity contribution is 6.30. The van der Waals surface area contributed by atoms with Crippen LogP contribution in [0.1, 0.15) is 56.3 Å². The van der Waals surface area contributed by atoms with E-state index in [-0.39, 0.29) is 18.7 Å². The topological polar surface area (TPSA) is 32.8 Å². The smallest absolute Gasteiger partial charge is 0.410 e. The van der Waals surface area contributed by atoms with Crippen LogP contribution in [0.15, 0.2) is 12.1 Å². The number of benzene rings is 1. The van der Waals surface area contributed by atoms with Crippen molar-refractivity contribution in [1.82, 2.24) is 9.80 Å². The van der Waals surface area contributed by atoms with E-state index in [4.69, 9.17) is 16.3 Å². The Balaban J connectivity index is 1.86. The van der Waals surface area contributed by atoms with E-state index in [2.05, 4.69) is 0 Å². The molecule has 1 fully saturated rings. The van der Waals surface area contributed by atoms with Crippen LogP contribution in [0, 0.1) is 0 Å². The molecule has 1 aromatic rings. The first-order valence-electron chi connectivity index (χ1n) is 9.53. The zero-order valence-electron chi connectivity index (χ0n) is 16.4. The van der Waals surface area contributed by atoms with Crippen LogP contribution in [0.3, 0.4) is 0 Å². The molecule has 8 heteroatoms. The Kier molecular flexibility index (Phi) is 5.88. The third kappa shape index (κ3) is 5.11. The van der Waals surface area contributed by atoms with E-state index in [1.54, 1.807) is 11.0 Å². The summed E-state index contributed by atoms with van der Waals surface area (Å²) in [6, 6.07) is 3.44.